The summed E-state index contributed by atoms with van der Waals surface area (Å²) in [5.74, 6) is 0.541. The molecule has 0 radical (unpaired) electrons. The molecule has 2 heterocycles. The Morgan fingerprint density at radius 3 is 2.52 bits per heavy atom. The number of carboxylic acid groups (broad SMARTS) is 1. The van der Waals surface area contributed by atoms with E-state index in [9.17, 15) is 4.79 Å². The second-order valence-electron chi connectivity index (χ2n) is 5.69. The van der Waals surface area contributed by atoms with Crippen molar-refractivity contribution < 1.29 is 24.2 Å². The number of hydrogen-bond donors (Lipinski definition) is 2. The molecule has 2 N–H and O–H groups in total. The van der Waals surface area contributed by atoms with Crippen LogP contribution in [0.5, 0.6) is 11.5 Å². The molecule has 2 aromatic rings. The highest BCUT2D eigenvalue weighted by molar-refractivity contribution is 5.85. The predicted octanol–water partition coefficient (Wildman–Crippen LogP) is 3.06. The third-order valence-corrected chi connectivity index (χ3v) is 3.35. The maximum atomic E-state index is 10.8. The molecule has 0 spiro atoms. The maximum Gasteiger partial charge on any atom is 0.354 e. The zero-order chi connectivity index (χ0) is 17.8. The summed E-state index contributed by atoms with van der Waals surface area (Å²) >= 11 is 0. The molecule has 0 aliphatic carbocycles. The topological polar surface area (TPSA) is 89.9 Å². The molecule has 7 heteroatoms. The minimum Gasteiger partial charge on any atom is -0.491 e. The summed E-state index contributed by atoms with van der Waals surface area (Å²) in [7, 11) is 0. The van der Waals surface area contributed by atoms with Gasteiger partial charge in [0, 0.05) is 6.08 Å². The zero-order valence-corrected chi connectivity index (χ0v) is 13.8. The number of nitrogens with zero attached hydrogens (tertiary/aromatic N) is 1. The molecule has 0 saturated carbocycles. The van der Waals surface area contributed by atoms with Crippen LogP contribution in [0.3, 0.4) is 0 Å². The van der Waals surface area contributed by atoms with Gasteiger partial charge in [-0.15, -0.1) is 0 Å². The Morgan fingerprint density at radius 2 is 1.92 bits per heavy atom. The lowest BCUT2D eigenvalue weighted by Crippen LogP contribution is -2.12. The summed E-state index contributed by atoms with van der Waals surface area (Å²) in [5.41, 5.74) is 3.60. The lowest BCUT2D eigenvalue weighted by Gasteiger charge is -2.11. The van der Waals surface area contributed by atoms with Crippen molar-refractivity contribution in [2.75, 3.05) is 0 Å². The van der Waals surface area contributed by atoms with E-state index in [1.807, 2.05) is 38.1 Å². The molecule has 7 nitrogen and oxygen atoms in total. The monoisotopic (exact) mass is 342 g/mol. The first-order valence-corrected chi connectivity index (χ1v) is 7.78. The van der Waals surface area contributed by atoms with Crippen LogP contribution in [0, 0.1) is 0 Å². The number of aromatic nitrogens is 1. The van der Waals surface area contributed by atoms with E-state index in [0.29, 0.717) is 11.6 Å². The molecule has 0 amide bonds. The van der Waals surface area contributed by atoms with E-state index in [1.54, 1.807) is 6.08 Å². The number of ether oxygens (including phenoxy) is 2. The first kappa shape index (κ1) is 16.8. The van der Waals surface area contributed by atoms with Crippen LogP contribution >= 0.6 is 0 Å². The molecular formula is C18H18N2O5. The van der Waals surface area contributed by atoms with Gasteiger partial charge in [-0.1, -0.05) is 12.1 Å². The van der Waals surface area contributed by atoms with Crippen LogP contribution in [0.2, 0.25) is 0 Å². The molecule has 1 aliphatic heterocycles. The van der Waals surface area contributed by atoms with E-state index >= 15 is 0 Å². The van der Waals surface area contributed by atoms with Gasteiger partial charge in [-0.2, -0.15) is 0 Å². The van der Waals surface area contributed by atoms with Crippen LogP contribution in [0.1, 0.15) is 36.0 Å². The number of carbonyl (C=O) groups is 1. The Balaban J connectivity index is 1.64. The van der Waals surface area contributed by atoms with Gasteiger partial charge < -0.3 is 14.6 Å². The number of rotatable bonds is 6. The predicted molar refractivity (Wildman–Crippen MR) is 89.1 cm³/mol. The van der Waals surface area contributed by atoms with E-state index < -0.39 is 5.97 Å². The highest BCUT2D eigenvalue weighted by Gasteiger charge is 2.20. The van der Waals surface area contributed by atoms with Crippen molar-refractivity contribution in [2.45, 2.75) is 26.1 Å². The normalized spacial score (nSPS) is 16.3. The van der Waals surface area contributed by atoms with E-state index in [4.69, 9.17) is 19.4 Å². The average Bonchev–Trinajstić information content (AvgIpc) is 3.04. The SMILES string of the molecule is CC(C)Oc1ccc(C2C=C(Oc3ccc(C(=O)O)nc3)NO2)cc1. The van der Waals surface area contributed by atoms with Gasteiger partial charge in [0.05, 0.1) is 12.3 Å². The molecule has 0 saturated heterocycles. The third-order valence-electron chi connectivity index (χ3n) is 3.35. The number of carboxylic acids is 1. The quantitative estimate of drug-likeness (QED) is 0.834. The molecule has 1 atom stereocenters. The molecule has 0 bridgehead atoms. The molecule has 0 fully saturated rings. The van der Waals surface area contributed by atoms with Crippen molar-refractivity contribution in [3.05, 3.63) is 65.8 Å². The van der Waals surface area contributed by atoms with Crippen molar-refractivity contribution in [3.63, 3.8) is 0 Å². The minimum absolute atomic E-state index is 0.0430. The van der Waals surface area contributed by atoms with Gasteiger partial charge in [0.15, 0.2) is 0 Å². The second kappa shape index (κ2) is 7.23. The lowest BCUT2D eigenvalue weighted by atomic mass is 10.1. The molecule has 1 aromatic heterocycles. The van der Waals surface area contributed by atoms with Crippen molar-refractivity contribution in [1.82, 2.24) is 10.5 Å². The maximum absolute atomic E-state index is 10.8. The summed E-state index contributed by atoms with van der Waals surface area (Å²) in [6.45, 7) is 3.95. The zero-order valence-electron chi connectivity index (χ0n) is 13.8. The fourth-order valence-corrected chi connectivity index (χ4v) is 2.25. The van der Waals surface area contributed by atoms with Gasteiger partial charge in [-0.05, 0) is 43.7 Å². The Bertz CT molecular complexity index is 769. The summed E-state index contributed by atoms with van der Waals surface area (Å²) < 4.78 is 11.2. The molecule has 3 rings (SSSR count). The number of benzene rings is 1. The van der Waals surface area contributed by atoms with Crippen LogP contribution in [0.25, 0.3) is 0 Å². The number of pyridine rings is 1. The molecule has 1 aromatic carbocycles. The van der Waals surface area contributed by atoms with Crippen molar-refractivity contribution in [1.29, 1.82) is 0 Å². The second-order valence-corrected chi connectivity index (χ2v) is 5.69. The highest BCUT2D eigenvalue weighted by atomic mass is 16.7. The Morgan fingerprint density at radius 1 is 1.20 bits per heavy atom. The summed E-state index contributed by atoms with van der Waals surface area (Å²) in [5, 5.41) is 8.83. The molecule has 1 aliphatic rings. The molecular weight excluding hydrogens is 324 g/mol. The van der Waals surface area contributed by atoms with Gasteiger partial charge in [-0.3, -0.25) is 4.84 Å². The van der Waals surface area contributed by atoms with Crippen molar-refractivity contribution in [2.24, 2.45) is 0 Å². The smallest absolute Gasteiger partial charge is 0.354 e. The summed E-state index contributed by atoms with van der Waals surface area (Å²) in [4.78, 5) is 20.1. The van der Waals surface area contributed by atoms with Gasteiger partial charge in [0.1, 0.15) is 23.3 Å². The van der Waals surface area contributed by atoms with Gasteiger partial charge in [-0.25, -0.2) is 15.3 Å². The van der Waals surface area contributed by atoms with Crippen LogP contribution in [-0.2, 0) is 4.84 Å². The largest absolute Gasteiger partial charge is 0.491 e. The number of nitrogens with one attached hydrogen (secondary N) is 1. The summed E-state index contributed by atoms with van der Waals surface area (Å²) in [6.07, 6.45) is 2.95. The highest BCUT2D eigenvalue weighted by Crippen LogP contribution is 2.27. The Labute approximate surface area is 144 Å². The van der Waals surface area contributed by atoms with Gasteiger partial charge in [0.2, 0.25) is 5.88 Å². The third kappa shape index (κ3) is 4.27. The van der Waals surface area contributed by atoms with Gasteiger partial charge >= 0.3 is 5.97 Å². The summed E-state index contributed by atoms with van der Waals surface area (Å²) in [6, 6.07) is 10.5. The Kier molecular flexibility index (Phi) is 4.85. The first-order chi connectivity index (χ1) is 12.0. The minimum atomic E-state index is -1.09. The lowest BCUT2D eigenvalue weighted by molar-refractivity contribution is 0.0272. The van der Waals surface area contributed by atoms with Crippen LogP contribution < -0.4 is 15.0 Å². The number of hydroxylamine groups is 1. The van der Waals surface area contributed by atoms with E-state index in [1.165, 1.54) is 18.3 Å². The first-order valence-electron chi connectivity index (χ1n) is 7.78. The molecule has 130 valence electrons. The molecule has 1 unspecified atom stereocenters. The van der Waals surface area contributed by atoms with Crippen LogP contribution in [-0.4, -0.2) is 22.2 Å². The number of hydrogen-bond acceptors (Lipinski definition) is 6. The van der Waals surface area contributed by atoms with E-state index in [2.05, 4.69) is 10.5 Å². The molecule has 25 heavy (non-hydrogen) atoms. The average molecular weight is 342 g/mol. The van der Waals surface area contributed by atoms with Crippen molar-refractivity contribution >= 4 is 5.97 Å². The fourth-order valence-electron chi connectivity index (χ4n) is 2.25. The van der Waals surface area contributed by atoms with Gasteiger partial charge in [0.25, 0.3) is 0 Å². The van der Waals surface area contributed by atoms with Crippen LogP contribution in [0.4, 0.5) is 0 Å². The van der Waals surface area contributed by atoms with Crippen LogP contribution in [0.15, 0.2) is 54.6 Å². The number of aromatic carboxylic acids is 1. The van der Waals surface area contributed by atoms with E-state index in [-0.39, 0.29) is 17.9 Å². The fraction of sp³-hybridized carbons (Fsp3) is 0.222. The van der Waals surface area contributed by atoms with E-state index in [0.717, 1.165) is 11.3 Å². The Hall–Kier alpha value is -3.06. The van der Waals surface area contributed by atoms with Crippen molar-refractivity contribution in [3.8, 4) is 11.5 Å². The standard InChI is InChI=1S/C18H18N2O5/c1-11(2)23-13-5-3-12(4-6-13)16-9-17(20-25-16)24-14-7-8-15(18(21)22)19-10-14/h3-11,16,20H,1-2H3,(H,21,22).